The van der Waals surface area contributed by atoms with Crippen LogP contribution in [0.5, 0.6) is 0 Å². The van der Waals surface area contributed by atoms with Crippen LogP contribution in [0.4, 0.5) is 23.7 Å². The molecule has 0 radical (unpaired) electrons. The van der Waals surface area contributed by atoms with Gasteiger partial charge in [0.2, 0.25) is 0 Å². The number of aromatic carboxylic acids is 1. The summed E-state index contributed by atoms with van der Waals surface area (Å²) in [6.07, 6.45) is -1.19. The fourth-order valence-corrected chi connectivity index (χ4v) is 1.32. The lowest BCUT2D eigenvalue weighted by atomic mass is 10.1. The minimum absolute atomic E-state index is 0.133. The van der Waals surface area contributed by atoms with Crippen molar-refractivity contribution >= 4 is 17.7 Å². The van der Waals surface area contributed by atoms with Gasteiger partial charge in [0.15, 0.2) is 17.5 Å². The molecule has 0 atom stereocenters. The highest BCUT2D eigenvalue weighted by Gasteiger charge is 2.26. The van der Waals surface area contributed by atoms with Crippen LogP contribution in [0.2, 0.25) is 0 Å². The SMILES string of the molecule is CC(C)(C)OC(=O)Nc1c(F)cc(F)c(F)c1C(=O)O. The van der Waals surface area contributed by atoms with Crippen LogP contribution in [0.25, 0.3) is 0 Å². The Kier molecular flexibility index (Phi) is 4.26. The van der Waals surface area contributed by atoms with Gasteiger partial charge < -0.3 is 9.84 Å². The number of carboxylic acid groups (broad SMARTS) is 1. The van der Waals surface area contributed by atoms with E-state index < -0.39 is 46.4 Å². The van der Waals surface area contributed by atoms with E-state index in [-0.39, 0.29) is 6.07 Å². The van der Waals surface area contributed by atoms with E-state index in [9.17, 15) is 22.8 Å². The molecule has 0 aliphatic heterocycles. The molecule has 1 amide bonds. The third kappa shape index (κ3) is 3.62. The van der Waals surface area contributed by atoms with Crippen molar-refractivity contribution in [2.45, 2.75) is 26.4 Å². The minimum Gasteiger partial charge on any atom is -0.478 e. The Bertz CT molecular complexity index is 567. The molecule has 2 N–H and O–H groups in total. The first-order valence-corrected chi connectivity index (χ1v) is 5.43. The Labute approximate surface area is 112 Å². The fraction of sp³-hybridized carbons (Fsp3) is 0.333. The molecule has 20 heavy (non-hydrogen) atoms. The van der Waals surface area contributed by atoms with Gasteiger partial charge in [-0.25, -0.2) is 22.8 Å². The van der Waals surface area contributed by atoms with Gasteiger partial charge in [-0.1, -0.05) is 0 Å². The Hall–Kier alpha value is -2.25. The summed E-state index contributed by atoms with van der Waals surface area (Å²) >= 11 is 0. The standard InChI is InChI=1S/C12H12F3NO4/c1-12(2,3)20-11(19)16-9-6(14)4-5(13)8(15)7(9)10(17)18/h4H,1-3H3,(H,16,19)(H,17,18). The Balaban J connectivity index is 3.21. The van der Waals surface area contributed by atoms with Crippen LogP contribution in [0.1, 0.15) is 31.1 Å². The van der Waals surface area contributed by atoms with Crippen molar-refractivity contribution in [2.24, 2.45) is 0 Å². The highest BCUT2D eigenvalue weighted by atomic mass is 19.2. The first-order valence-electron chi connectivity index (χ1n) is 5.43. The van der Waals surface area contributed by atoms with Crippen LogP contribution in [0.15, 0.2) is 6.07 Å². The molecule has 0 saturated carbocycles. The van der Waals surface area contributed by atoms with Crippen LogP contribution in [0.3, 0.4) is 0 Å². The van der Waals surface area contributed by atoms with Crippen LogP contribution >= 0.6 is 0 Å². The van der Waals surface area contributed by atoms with E-state index in [2.05, 4.69) is 0 Å². The van der Waals surface area contributed by atoms with Gasteiger partial charge in [-0.2, -0.15) is 0 Å². The fourth-order valence-electron chi connectivity index (χ4n) is 1.32. The molecule has 110 valence electrons. The number of hydrogen-bond acceptors (Lipinski definition) is 3. The number of carboxylic acids is 1. The maximum Gasteiger partial charge on any atom is 0.412 e. The molecule has 0 heterocycles. The number of rotatable bonds is 2. The van der Waals surface area contributed by atoms with Gasteiger partial charge in [0.05, 0.1) is 5.69 Å². The first kappa shape index (κ1) is 15.8. The van der Waals surface area contributed by atoms with E-state index in [0.717, 1.165) is 0 Å². The lowest BCUT2D eigenvalue weighted by Crippen LogP contribution is -2.28. The molecule has 0 aliphatic rings. The number of carbonyl (C=O) groups is 2. The minimum atomic E-state index is -1.92. The second-order valence-corrected chi connectivity index (χ2v) is 4.84. The Morgan fingerprint density at radius 3 is 2.20 bits per heavy atom. The van der Waals surface area contributed by atoms with Crippen LogP contribution in [0, 0.1) is 17.5 Å². The molecule has 8 heteroatoms. The van der Waals surface area contributed by atoms with Crippen LogP contribution in [-0.4, -0.2) is 22.8 Å². The Morgan fingerprint density at radius 1 is 1.20 bits per heavy atom. The molecular formula is C12H12F3NO4. The van der Waals surface area contributed by atoms with E-state index in [1.807, 2.05) is 0 Å². The van der Waals surface area contributed by atoms with Gasteiger partial charge in [-0.05, 0) is 20.8 Å². The molecular weight excluding hydrogens is 279 g/mol. The number of benzene rings is 1. The number of hydrogen-bond donors (Lipinski definition) is 2. The predicted octanol–water partition coefficient (Wildman–Crippen LogP) is 3.15. The van der Waals surface area contributed by atoms with Crippen molar-refractivity contribution in [2.75, 3.05) is 5.32 Å². The molecule has 1 aromatic rings. The molecule has 0 saturated heterocycles. The van der Waals surface area contributed by atoms with Gasteiger partial charge in [-0.15, -0.1) is 0 Å². The molecule has 0 aromatic heterocycles. The molecule has 5 nitrogen and oxygen atoms in total. The van der Waals surface area contributed by atoms with Gasteiger partial charge >= 0.3 is 12.1 Å². The highest BCUT2D eigenvalue weighted by Crippen LogP contribution is 2.26. The first-order chi connectivity index (χ1) is 9.03. The largest absolute Gasteiger partial charge is 0.478 e. The van der Waals surface area contributed by atoms with E-state index in [1.54, 1.807) is 5.32 Å². The molecule has 0 aliphatic carbocycles. The molecule has 1 aromatic carbocycles. The summed E-state index contributed by atoms with van der Waals surface area (Å²) in [5, 5.41) is 10.5. The number of ether oxygens (including phenoxy) is 1. The van der Waals surface area contributed by atoms with Gasteiger partial charge in [0, 0.05) is 6.07 Å². The summed E-state index contributed by atoms with van der Waals surface area (Å²) in [7, 11) is 0. The van der Waals surface area contributed by atoms with Gasteiger partial charge in [0.25, 0.3) is 0 Å². The van der Waals surface area contributed by atoms with E-state index in [1.165, 1.54) is 20.8 Å². The van der Waals surface area contributed by atoms with Gasteiger partial charge in [-0.3, -0.25) is 5.32 Å². The lowest BCUT2D eigenvalue weighted by molar-refractivity contribution is 0.0635. The lowest BCUT2D eigenvalue weighted by Gasteiger charge is -2.20. The molecule has 0 spiro atoms. The summed E-state index contributed by atoms with van der Waals surface area (Å²) in [5.41, 5.74) is -3.23. The average molecular weight is 291 g/mol. The zero-order valence-corrected chi connectivity index (χ0v) is 10.9. The van der Waals surface area contributed by atoms with E-state index >= 15 is 0 Å². The van der Waals surface area contributed by atoms with Crippen molar-refractivity contribution in [3.63, 3.8) is 0 Å². The monoisotopic (exact) mass is 291 g/mol. The topological polar surface area (TPSA) is 75.6 Å². The molecule has 0 fully saturated rings. The van der Waals surface area contributed by atoms with Crippen molar-refractivity contribution in [3.05, 3.63) is 29.1 Å². The molecule has 1 rings (SSSR count). The smallest absolute Gasteiger partial charge is 0.412 e. The molecule has 0 unspecified atom stereocenters. The van der Waals surface area contributed by atoms with Crippen molar-refractivity contribution in [1.82, 2.24) is 0 Å². The second-order valence-electron chi connectivity index (χ2n) is 4.84. The number of carbonyl (C=O) groups excluding carboxylic acids is 1. The normalized spacial score (nSPS) is 11.1. The van der Waals surface area contributed by atoms with Gasteiger partial charge in [0.1, 0.15) is 11.2 Å². The van der Waals surface area contributed by atoms with Crippen molar-refractivity contribution in [1.29, 1.82) is 0 Å². The van der Waals surface area contributed by atoms with Crippen molar-refractivity contribution in [3.8, 4) is 0 Å². The second kappa shape index (κ2) is 5.40. The average Bonchev–Trinajstić information content (AvgIpc) is 2.22. The zero-order chi connectivity index (χ0) is 15.7. The zero-order valence-electron chi connectivity index (χ0n) is 10.9. The quantitative estimate of drug-likeness (QED) is 0.821. The number of anilines is 1. The summed E-state index contributed by atoms with van der Waals surface area (Å²) < 4.78 is 44.6. The number of halogens is 3. The van der Waals surface area contributed by atoms with Crippen LogP contribution < -0.4 is 5.32 Å². The summed E-state index contributed by atoms with van der Waals surface area (Å²) in [6.45, 7) is 4.56. The number of amides is 1. The third-order valence-electron chi connectivity index (χ3n) is 2.01. The third-order valence-corrected chi connectivity index (χ3v) is 2.01. The summed E-state index contributed by atoms with van der Waals surface area (Å²) in [5.74, 6) is -6.79. The predicted molar refractivity (Wildman–Crippen MR) is 63.1 cm³/mol. The van der Waals surface area contributed by atoms with Crippen LogP contribution in [-0.2, 0) is 4.74 Å². The maximum absolute atomic E-state index is 13.5. The van der Waals surface area contributed by atoms with Crippen molar-refractivity contribution < 1.29 is 32.6 Å². The summed E-state index contributed by atoms with van der Waals surface area (Å²) in [6, 6.07) is 0.133. The van der Waals surface area contributed by atoms with E-state index in [4.69, 9.17) is 9.84 Å². The van der Waals surface area contributed by atoms with E-state index in [0.29, 0.717) is 0 Å². The summed E-state index contributed by atoms with van der Waals surface area (Å²) in [4.78, 5) is 22.3. The highest BCUT2D eigenvalue weighted by molar-refractivity contribution is 5.99. The maximum atomic E-state index is 13.5. The Morgan fingerprint density at radius 2 is 1.75 bits per heavy atom. The number of nitrogens with one attached hydrogen (secondary N) is 1. The molecule has 0 bridgehead atoms.